The van der Waals surface area contributed by atoms with Gasteiger partial charge in [-0.15, -0.1) is 12.4 Å². The number of aromatic nitrogens is 5. The third kappa shape index (κ3) is 5.05. The third-order valence-corrected chi connectivity index (χ3v) is 5.63. The summed E-state index contributed by atoms with van der Waals surface area (Å²) < 4.78 is 5.51. The van der Waals surface area contributed by atoms with Gasteiger partial charge in [-0.25, -0.2) is 19.9 Å². The first kappa shape index (κ1) is 22.9. The van der Waals surface area contributed by atoms with Crippen LogP contribution < -0.4 is 15.4 Å². The number of H-pyrrole nitrogens is 1. The van der Waals surface area contributed by atoms with E-state index in [1.165, 1.54) is 5.56 Å². The van der Waals surface area contributed by atoms with E-state index in [9.17, 15) is 0 Å². The van der Waals surface area contributed by atoms with E-state index >= 15 is 0 Å². The van der Waals surface area contributed by atoms with Gasteiger partial charge in [0.2, 0.25) is 5.95 Å². The van der Waals surface area contributed by atoms with Crippen LogP contribution in [0.5, 0.6) is 5.75 Å². The van der Waals surface area contributed by atoms with Crippen molar-refractivity contribution in [3.05, 3.63) is 54.1 Å². The van der Waals surface area contributed by atoms with Crippen LogP contribution in [-0.2, 0) is 6.54 Å². The van der Waals surface area contributed by atoms with Gasteiger partial charge >= 0.3 is 0 Å². The molecular weight excluding hydrogens is 440 g/mol. The van der Waals surface area contributed by atoms with Gasteiger partial charge in [0.1, 0.15) is 17.8 Å². The van der Waals surface area contributed by atoms with Crippen LogP contribution in [0.1, 0.15) is 11.3 Å². The van der Waals surface area contributed by atoms with Gasteiger partial charge in [-0.05, 0) is 36.8 Å². The van der Waals surface area contributed by atoms with Crippen molar-refractivity contribution in [2.24, 2.45) is 0 Å². The number of anilines is 2. The molecule has 4 aromatic rings. The SMILES string of the molecule is COc1c(C)ncnc1-c1ccc2nc(Nc3cc(CN4CCNCC4)ccn3)[nH]c2c1.Cl. The maximum atomic E-state index is 5.51. The highest BCUT2D eigenvalue weighted by Crippen LogP contribution is 2.31. The molecule has 1 aliphatic rings. The second-order valence-corrected chi connectivity index (χ2v) is 7.86. The largest absolute Gasteiger partial charge is 0.493 e. The number of rotatable bonds is 6. The summed E-state index contributed by atoms with van der Waals surface area (Å²) in [5.74, 6) is 2.09. The minimum absolute atomic E-state index is 0. The molecule has 1 aliphatic heterocycles. The Hall–Kier alpha value is -3.27. The fourth-order valence-corrected chi connectivity index (χ4v) is 4.02. The van der Waals surface area contributed by atoms with Gasteiger partial charge < -0.3 is 20.4 Å². The Morgan fingerprint density at radius 3 is 2.76 bits per heavy atom. The van der Waals surface area contributed by atoms with Gasteiger partial charge in [0.15, 0.2) is 5.75 Å². The highest BCUT2D eigenvalue weighted by Gasteiger charge is 2.14. The van der Waals surface area contributed by atoms with E-state index in [1.807, 2.05) is 31.3 Å². The number of nitrogens with one attached hydrogen (secondary N) is 3. The highest BCUT2D eigenvalue weighted by molar-refractivity contribution is 5.85. The first-order chi connectivity index (χ1) is 15.7. The second kappa shape index (κ2) is 10.1. The average Bonchev–Trinajstić information content (AvgIpc) is 3.21. The fraction of sp³-hybridized carbons (Fsp3) is 0.304. The van der Waals surface area contributed by atoms with Crippen molar-refractivity contribution in [1.29, 1.82) is 0 Å². The smallest absolute Gasteiger partial charge is 0.206 e. The van der Waals surface area contributed by atoms with Gasteiger partial charge in [0.25, 0.3) is 0 Å². The molecule has 0 unspecified atom stereocenters. The van der Waals surface area contributed by atoms with Crippen molar-refractivity contribution in [1.82, 2.24) is 35.1 Å². The van der Waals surface area contributed by atoms with E-state index in [0.29, 0.717) is 11.7 Å². The summed E-state index contributed by atoms with van der Waals surface area (Å²) in [5, 5.41) is 6.69. The van der Waals surface area contributed by atoms with Gasteiger partial charge in [-0.2, -0.15) is 0 Å². The molecule has 0 radical (unpaired) electrons. The number of imidazole rings is 1. The average molecular weight is 467 g/mol. The molecule has 0 atom stereocenters. The normalized spacial score (nSPS) is 14.1. The molecule has 0 spiro atoms. The molecular formula is C23H27ClN8O. The Morgan fingerprint density at radius 1 is 1.09 bits per heavy atom. The maximum absolute atomic E-state index is 5.51. The molecule has 5 rings (SSSR count). The molecule has 4 heterocycles. The number of hydrogen-bond donors (Lipinski definition) is 3. The molecule has 9 nitrogen and oxygen atoms in total. The van der Waals surface area contributed by atoms with Crippen molar-refractivity contribution in [3.8, 4) is 17.0 Å². The van der Waals surface area contributed by atoms with E-state index < -0.39 is 0 Å². The van der Waals surface area contributed by atoms with E-state index in [1.54, 1.807) is 13.4 Å². The second-order valence-electron chi connectivity index (χ2n) is 7.86. The number of fused-ring (bicyclic) bond motifs is 1. The van der Waals surface area contributed by atoms with Crippen molar-refractivity contribution < 1.29 is 4.74 Å². The number of halogens is 1. The van der Waals surface area contributed by atoms with Gasteiger partial charge in [-0.3, -0.25) is 4.90 Å². The lowest BCUT2D eigenvalue weighted by molar-refractivity contribution is 0.233. The molecule has 172 valence electrons. The number of piperazine rings is 1. The quantitative estimate of drug-likeness (QED) is 0.397. The van der Waals surface area contributed by atoms with Crippen molar-refractivity contribution in [2.75, 3.05) is 38.6 Å². The first-order valence-corrected chi connectivity index (χ1v) is 10.7. The summed E-state index contributed by atoms with van der Waals surface area (Å²) in [6, 6.07) is 10.1. The predicted octanol–water partition coefficient (Wildman–Crippen LogP) is 3.30. The number of aryl methyl sites for hydroxylation is 1. The molecule has 33 heavy (non-hydrogen) atoms. The zero-order chi connectivity index (χ0) is 21.9. The Balaban J connectivity index is 0.00000259. The van der Waals surface area contributed by atoms with Crippen LogP contribution in [0.15, 0.2) is 42.9 Å². The van der Waals surface area contributed by atoms with E-state index in [2.05, 4.69) is 52.6 Å². The van der Waals surface area contributed by atoms with Crippen molar-refractivity contribution >= 4 is 35.2 Å². The van der Waals surface area contributed by atoms with Crippen LogP contribution in [0.25, 0.3) is 22.3 Å². The lowest BCUT2D eigenvalue weighted by Crippen LogP contribution is -2.42. The number of pyridine rings is 1. The van der Waals surface area contributed by atoms with Crippen molar-refractivity contribution in [2.45, 2.75) is 13.5 Å². The molecule has 3 N–H and O–H groups in total. The van der Waals surface area contributed by atoms with Gasteiger partial charge in [0.05, 0.1) is 23.8 Å². The molecule has 0 aliphatic carbocycles. The summed E-state index contributed by atoms with van der Waals surface area (Å²) in [7, 11) is 1.63. The van der Waals surface area contributed by atoms with Crippen LogP contribution in [-0.4, -0.2) is 63.1 Å². The number of nitrogens with zero attached hydrogens (tertiary/aromatic N) is 5. The standard InChI is InChI=1S/C23H26N8O.ClH/c1-15-22(32-2)21(27-14-26-15)17-3-4-18-19(12-17)29-23(28-18)30-20-11-16(5-6-25-20)13-31-9-7-24-8-10-31;/h3-6,11-12,14,24H,7-10,13H2,1-2H3,(H2,25,28,29,30);1H. The number of benzene rings is 1. The Morgan fingerprint density at radius 2 is 1.94 bits per heavy atom. The van der Waals surface area contributed by atoms with E-state index in [4.69, 9.17) is 4.74 Å². The number of aromatic amines is 1. The molecule has 3 aromatic heterocycles. The van der Waals surface area contributed by atoms with E-state index in [0.717, 1.165) is 66.5 Å². The number of hydrogen-bond acceptors (Lipinski definition) is 8. The van der Waals surface area contributed by atoms with Crippen LogP contribution in [0.4, 0.5) is 11.8 Å². The molecule has 10 heteroatoms. The Bertz CT molecular complexity index is 1240. The summed E-state index contributed by atoms with van der Waals surface area (Å²) >= 11 is 0. The maximum Gasteiger partial charge on any atom is 0.206 e. The summed E-state index contributed by atoms with van der Waals surface area (Å²) in [6.45, 7) is 7.03. The minimum Gasteiger partial charge on any atom is -0.493 e. The molecule has 1 fully saturated rings. The number of methoxy groups -OCH3 is 1. The van der Waals surface area contributed by atoms with Gasteiger partial charge in [0, 0.05) is 44.5 Å². The lowest BCUT2D eigenvalue weighted by atomic mass is 10.1. The molecule has 0 bridgehead atoms. The third-order valence-electron chi connectivity index (χ3n) is 5.63. The van der Waals surface area contributed by atoms with Crippen LogP contribution >= 0.6 is 12.4 Å². The van der Waals surface area contributed by atoms with Crippen LogP contribution in [0.3, 0.4) is 0 Å². The molecule has 0 amide bonds. The predicted molar refractivity (Wildman–Crippen MR) is 131 cm³/mol. The Labute approximate surface area is 198 Å². The van der Waals surface area contributed by atoms with Crippen LogP contribution in [0.2, 0.25) is 0 Å². The highest BCUT2D eigenvalue weighted by atomic mass is 35.5. The molecule has 0 saturated carbocycles. The summed E-state index contributed by atoms with van der Waals surface area (Å²) in [5.41, 5.74) is 5.49. The van der Waals surface area contributed by atoms with E-state index in [-0.39, 0.29) is 12.4 Å². The summed E-state index contributed by atoms with van der Waals surface area (Å²) in [4.78, 5) is 23.5. The minimum atomic E-state index is 0. The summed E-state index contributed by atoms with van der Waals surface area (Å²) in [6.07, 6.45) is 3.39. The lowest BCUT2D eigenvalue weighted by Gasteiger charge is -2.27. The zero-order valence-corrected chi connectivity index (χ0v) is 19.4. The number of ether oxygens (including phenoxy) is 1. The first-order valence-electron chi connectivity index (χ1n) is 10.7. The monoisotopic (exact) mass is 466 g/mol. The molecule has 1 aromatic carbocycles. The van der Waals surface area contributed by atoms with Crippen molar-refractivity contribution in [3.63, 3.8) is 0 Å². The topological polar surface area (TPSA) is 104 Å². The molecule has 1 saturated heterocycles. The Kier molecular flexibility index (Phi) is 7.02. The fourth-order valence-electron chi connectivity index (χ4n) is 4.02. The van der Waals surface area contributed by atoms with Crippen LogP contribution in [0, 0.1) is 6.92 Å². The van der Waals surface area contributed by atoms with Gasteiger partial charge in [-0.1, -0.05) is 6.07 Å². The zero-order valence-electron chi connectivity index (χ0n) is 18.6.